The van der Waals surface area contributed by atoms with Crippen molar-refractivity contribution in [3.05, 3.63) is 24.9 Å². The van der Waals surface area contributed by atoms with E-state index in [1.807, 2.05) is 10.6 Å². The minimum atomic E-state index is -0.990. The van der Waals surface area contributed by atoms with Crippen LogP contribution in [0, 0.1) is 0 Å². The van der Waals surface area contributed by atoms with Crippen LogP contribution in [0.25, 0.3) is 5.52 Å². The molecule has 2 aliphatic heterocycles. The molecule has 0 unspecified atom stereocenters. The highest BCUT2D eigenvalue weighted by Gasteiger charge is 2.45. The Balaban J connectivity index is 1.48. The van der Waals surface area contributed by atoms with E-state index < -0.39 is 5.97 Å². The molecule has 4 heterocycles. The summed E-state index contributed by atoms with van der Waals surface area (Å²) in [5, 5.41) is 11.9. The Kier molecular flexibility index (Phi) is 3.29. The maximum atomic E-state index is 12.0. The zero-order chi connectivity index (χ0) is 16.7. The van der Waals surface area contributed by atoms with Crippen molar-refractivity contribution in [1.29, 1.82) is 0 Å². The van der Waals surface area contributed by atoms with E-state index in [4.69, 9.17) is 5.11 Å². The number of fused-ring (bicyclic) bond motifs is 1. The molecule has 0 aliphatic carbocycles. The number of urea groups is 1. The summed E-state index contributed by atoms with van der Waals surface area (Å²) < 4.78 is 1.93. The summed E-state index contributed by atoms with van der Waals surface area (Å²) in [4.78, 5) is 35.0. The summed E-state index contributed by atoms with van der Waals surface area (Å²) in [6.07, 6.45) is 8.65. The number of nitrogens with zero attached hydrogens (tertiary/aromatic N) is 5. The average Bonchev–Trinajstić information content (AvgIpc) is 3.13. The maximum Gasteiger partial charge on any atom is 0.323 e. The molecule has 126 valence electrons. The number of carbonyl (C=O) groups excluding carboxylic acids is 1. The second kappa shape index (κ2) is 5.36. The summed E-state index contributed by atoms with van der Waals surface area (Å²) in [6, 6.07) is -0.290. The second-order valence-electron chi connectivity index (χ2n) is 6.38. The summed E-state index contributed by atoms with van der Waals surface area (Å²) in [7, 11) is 0. The summed E-state index contributed by atoms with van der Waals surface area (Å²) in [5.41, 5.74) is 0.616. The highest BCUT2D eigenvalue weighted by atomic mass is 16.4. The molecular formula is C15H18N6O3. The minimum Gasteiger partial charge on any atom is -0.480 e. The van der Waals surface area contributed by atoms with E-state index >= 15 is 0 Å². The van der Waals surface area contributed by atoms with Crippen LogP contribution in [0.5, 0.6) is 0 Å². The van der Waals surface area contributed by atoms with Crippen LogP contribution in [0.4, 0.5) is 10.6 Å². The Morgan fingerprint density at radius 1 is 1.38 bits per heavy atom. The predicted octanol–water partition coefficient (Wildman–Crippen LogP) is 0.178. The van der Waals surface area contributed by atoms with Crippen LogP contribution in [0.2, 0.25) is 0 Å². The summed E-state index contributed by atoms with van der Waals surface area (Å²) >= 11 is 0. The number of carboxylic acids is 1. The van der Waals surface area contributed by atoms with Crippen LogP contribution < -0.4 is 10.2 Å². The molecule has 2 aromatic heterocycles. The maximum absolute atomic E-state index is 12.0. The molecule has 0 radical (unpaired) electrons. The third kappa shape index (κ3) is 2.41. The Morgan fingerprint density at radius 2 is 2.17 bits per heavy atom. The first-order valence-corrected chi connectivity index (χ1v) is 7.87. The van der Waals surface area contributed by atoms with Gasteiger partial charge in [0.05, 0.1) is 18.1 Å². The average molecular weight is 330 g/mol. The number of imidazole rings is 1. The van der Waals surface area contributed by atoms with E-state index in [1.165, 1.54) is 4.90 Å². The van der Waals surface area contributed by atoms with E-state index in [-0.39, 0.29) is 18.1 Å². The molecule has 4 rings (SSSR count). The SMILES string of the molecule is O=C(O)CN1CC2(CCN(c3nccn4cncc34)CC2)NC1=O. The van der Waals surface area contributed by atoms with Gasteiger partial charge in [0.25, 0.3) is 0 Å². The molecule has 2 aromatic rings. The third-order valence-electron chi connectivity index (χ3n) is 4.82. The molecule has 1 spiro atoms. The van der Waals surface area contributed by atoms with Gasteiger partial charge in [-0.1, -0.05) is 0 Å². The molecule has 9 nitrogen and oxygen atoms in total. The van der Waals surface area contributed by atoms with Crippen LogP contribution in [0.15, 0.2) is 24.9 Å². The summed E-state index contributed by atoms with van der Waals surface area (Å²) in [5.74, 6) is -0.104. The molecule has 2 N–H and O–H groups in total. The van der Waals surface area contributed by atoms with Crippen molar-refractivity contribution in [2.24, 2.45) is 0 Å². The van der Waals surface area contributed by atoms with E-state index in [0.29, 0.717) is 6.54 Å². The number of piperidine rings is 1. The van der Waals surface area contributed by atoms with Gasteiger partial charge in [0.15, 0.2) is 5.82 Å². The van der Waals surface area contributed by atoms with Gasteiger partial charge in [0, 0.05) is 32.0 Å². The van der Waals surface area contributed by atoms with Crippen molar-refractivity contribution in [3.63, 3.8) is 0 Å². The lowest BCUT2D eigenvalue weighted by molar-refractivity contribution is -0.137. The van der Waals surface area contributed by atoms with Gasteiger partial charge < -0.3 is 24.6 Å². The molecule has 0 atom stereocenters. The number of amides is 2. The van der Waals surface area contributed by atoms with Gasteiger partial charge in [0.1, 0.15) is 12.1 Å². The summed E-state index contributed by atoms with van der Waals surface area (Å²) in [6.45, 7) is 1.68. The molecule has 9 heteroatoms. The lowest BCUT2D eigenvalue weighted by Crippen LogP contribution is -2.52. The Morgan fingerprint density at radius 3 is 2.92 bits per heavy atom. The lowest BCUT2D eigenvalue weighted by atomic mass is 9.88. The van der Waals surface area contributed by atoms with Crippen LogP contribution in [0.3, 0.4) is 0 Å². The lowest BCUT2D eigenvalue weighted by Gasteiger charge is -2.39. The monoisotopic (exact) mass is 330 g/mol. The number of aromatic nitrogens is 3. The van der Waals surface area contributed by atoms with Gasteiger partial charge in [-0.25, -0.2) is 14.8 Å². The van der Waals surface area contributed by atoms with Crippen molar-refractivity contribution in [2.45, 2.75) is 18.4 Å². The van der Waals surface area contributed by atoms with E-state index in [9.17, 15) is 9.59 Å². The first kappa shape index (κ1) is 14.7. The van der Waals surface area contributed by atoms with Crippen molar-refractivity contribution in [1.82, 2.24) is 24.6 Å². The second-order valence-corrected chi connectivity index (χ2v) is 6.38. The van der Waals surface area contributed by atoms with Crippen molar-refractivity contribution in [2.75, 3.05) is 31.1 Å². The fourth-order valence-electron chi connectivity index (χ4n) is 3.59. The Hall–Kier alpha value is -2.84. The molecule has 2 aliphatic rings. The molecular weight excluding hydrogens is 312 g/mol. The van der Waals surface area contributed by atoms with E-state index in [1.54, 1.807) is 18.7 Å². The number of hydrogen-bond acceptors (Lipinski definition) is 5. The molecule has 24 heavy (non-hydrogen) atoms. The fraction of sp³-hybridized carbons (Fsp3) is 0.467. The minimum absolute atomic E-state index is 0.256. The van der Waals surface area contributed by atoms with Gasteiger partial charge >= 0.3 is 12.0 Å². The van der Waals surface area contributed by atoms with Gasteiger partial charge in [-0.05, 0) is 12.8 Å². The number of hydrogen-bond donors (Lipinski definition) is 2. The molecule has 2 amide bonds. The smallest absolute Gasteiger partial charge is 0.323 e. The van der Waals surface area contributed by atoms with Crippen LogP contribution in [0.1, 0.15) is 12.8 Å². The first-order valence-electron chi connectivity index (χ1n) is 7.87. The molecule has 2 saturated heterocycles. The number of carbonyl (C=O) groups is 2. The van der Waals surface area contributed by atoms with Gasteiger partial charge in [-0.3, -0.25) is 4.79 Å². The van der Waals surface area contributed by atoms with E-state index in [0.717, 1.165) is 37.3 Å². The topological polar surface area (TPSA) is 103 Å². The zero-order valence-corrected chi connectivity index (χ0v) is 13.1. The normalized spacial score (nSPS) is 19.9. The van der Waals surface area contributed by atoms with Crippen LogP contribution in [-0.4, -0.2) is 68.1 Å². The number of carboxylic acid groups (broad SMARTS) is 1. The van der Waals surface area contributed by atoms with Crippen LogP contribution >= 0.6 is 0 Å². The largest absolute Gasteiger partial charge is 0.480 e. The number of nitrogens with one attached hydrogen (secondary N) is 1. The van der Waals surface area contributed by atoms with Crippen molar-refractivity contribution in [3.8, 4) is 0 Å². The quantitative estimate of drug-likeness (QED) is 0.832. The third-order valence-corrected chi connectivity index (χ3v) is 4.82. The van der Waals surface area contributed by atoms with E-state index in [2.05, 4.69) is 20.2 Å². The highest BCUT2D eigenvalue weighted by Crippen LogP contribution is 2.31. The van der Waals surface area contributed by atoms with Crippen molar-refractivity contribution < 1.29 is 14.7 Å². The van der Waals surface area contributed by atoms with Gasteiger partial charge in [-0.15, -0.1) is 0 Å². The number of rotatable bonds is 3. The number of aliphatic carboxylic acids is 1. The Bertz CT molecular complexity index is 795. The molecule has 0 bridgehead atoms. The Labute approximate surface area is 137 Å². The number of anilines is 1. The highest BCUT2D eigenvalue weighted by molar-refractivity contribution is 5.82. The molecule has 0 saturated carbocycles. The fourth-order valence-corrected chi connectivity index (χ4v) is 3.59. The standard InChI is InChI=1S/C15H18N6O3/c22-12(23)8-21-9-15(18-14(21)24)1-4-19(5-2-15)13-11-7-16-10-20(11)6-3-17-13/h3,6-7,10H,1-2,4-5,8-9H2,(H,18,24)(H,22,23). The van der Waals surface area contributed by atoms with Crippen molar-refractivity contribution >= 4 is 23.3 Å². The van der Waals surface area contributed by atoms with Gasteiger partial charge in [0.2, 0.25) is 0 Å². The zero-order valence-electron chi connectivity index (χ0n) is 13.1. The first-order chi connectivity index (χ1) is 11.6. The predicted molar refractivity (Wildman–Crippen MR) is 84.9 cm³/mol. The molecule has 0 aromatic carbocycles. The van der Waals surface area contributed by atoms with Gasteiger partial charge in [-0.2, -0.15) is 0 Å². The molecule has 2 fully saturated rings. The van der Waals surface area contributed by atoms with Crippen LogP contribution in [-0.2, 0) is 4.79 Å².